The first-order valence-corrected chi connectivity index (χ1v) is 20.2. The summed E-state index contributed by atoms with van der Waals surface area (Å²) in [6.07, 6.45) is 13.3. The molecule has 1 N–H and O–H groups in total. The summed E-state index contributed by atoms with van der Waals surface area (Å²) in [5, 5.41) is 9.49. The van der Waals surface area contributed by atoms with Crippen molar-refractivity contribution >= 4 is 34.7 Å². The Bertz CT molecular complexity index is 1920. The van der Waals surface area contributed by atoms with Gasteiger partial charge in [-0.25, -0.2) is 0 Å². The van der Waals surface area contributed by atoms with Gasteiger partial charge in [0, 0.05) is 27.9 Å². The Morgan fingerprint density at radius 3 is 1.22 bits per heavy atom. The number of hydrogen-bond acceptors (Lipinski definition) is 13. The summed E-state index contributed by atoms with van der Waals surface area (Å²) in [5.74, 6) is -1.82. The van der Waals surface area contributed by atoms with Gasteiger partial charge in [-0.3, -0.25) is 28.8 Å². The fraction of sp³-hybridized carbons (Fsp3) is 0.480. The molecule has 0 heterocycles. The molecule has 1 unspecified atom stereocenters. The average Bonchev–Trinajstić information content (AvgIpc) is 3.24. The van der Waals surface area contributed by atoms with E-state index >= 15 is 0 Å². The summed E-state index contributed by atoms with van der Waals surface area (Å²) in [4.78, 5) is 71.4. The van der Waals surface area contributed by atoms with Gasteiger partial charge < -0.3 is 33.5 Å². The van der Waals surface area contributed by atoms with Gasteiger partial charge in [-0.2, -0.15) is 0 Å². The first-order chi connectivity index (χ1) is 29.0. The molecule has 0 aromatic rings. The monoisotopic (exact) mass is 880 g/mol. The highest BCUT2D eigenvalue weighted by Gasteiger charge is 2.35. The Hall–Kier alpha value is -5.82. The van der Waals surface area contributed by atoms with E-state index in [2.05, 4.69) is 26.5 Å². The van der Waals surface area contributed by atoms with E-state index in [1.165, 1.54) is 65.5 Å². The lowest BCUT2D eigenvalue weighted by Crippen LogP contribution is -2.24. The van der Waals surface area contributed by atoms with E-state index < -0.39 is 5.60 Å². The van der Waals surface area contributed by atoms with Crippen molar-refractivity contribution in [1.82, 2.24) is 0 Å². The lowest BCUT2D eigenvalue weighted by Gasteiger charge is -2.19. The summed E-state index contributed by atoms with van der Waals surface area (Å²) >= 11 is 0. The molecular weight excluding hydrogens is 809 g/mol. The predicted molar refractivity (Wildman–Crippen MR) is 246 cm³/mol. The smallest absolute Gasteiger partial charge is 0.228 e. The molecule has 350 valence electrons. The Kier molecular flexibility index (Phi) is 27.0. The lowest BCUT2D eigenvalue weighted by molar-refractivity contribution is -0.121. The summed E-state index contributed by atoms with van der Waals surface area (Å²) < 4.78 is 29.5. The van der Waals surface area contributed by atoms with Crippen LogP contribution >= 0.6 is 0 Å². The van der Waals surface area contributed by atoms with Gasteiger partial charge in [0.1, 0.15) is 0 Å². The van der Waals surface area contributed by atoms with Gasteiger partial charge in [0.2, 0.25) is 69.3 Å². The Labute approximate surface area is 375 Å². The van der Waals surface area contributed by atoms with Gasteiger partial charge in [-0.05, 0) is 100.0 Å². The SMILES string of the molecule is C.C=CC(C)(O)CCC=C(C)C.CC/C(C)=C/CC1=C(C)C(=O)C(OC)=C(OC)C1=O.CC/C(C)=C/CC1=C(C)C(=O)C(OC)=C(OC)C1=O.COC1=C(OC)C(=O)C(C)=CC1=O. The average molecular weight is 881 g/mol. The third-order valence-electron chi connectivity index (χ3n) is 10.0. The molecule has 0 bridgehead atoms. The molecular formula is C50H72O13. The van der Waals surface area contributed by atoms with Crippen LogP contribution in [-0.4, -0.2) is 88.1 Å². The van der Waals surface area contributed by atoms with Crippen LogP contribution in [0.2, 0.25) is 0 Å². The molecule has 3 aliphatic rings. The zero-order valence-corrected chi connectivity index (χ0v) is 39.7. The quantitative estimate of drug-likeness (QED) is 0.115. The maximum absolute atomic E-state index is 12.3. The highest BCUT2D eigenvalue weighted by atomic mass is 16.5. The van der Waals surface area contributed by atoms with E-state index in [1.54, 1.807) is 33.8 Å². The van der Waals surface area contributed by atoms with Crippen LogP contribution in [0.1, 0.15) is 115 Å². The second-order valence-corrected chi connectivity index (χ2v) is 14.8. The van der Waals surface area contributed by atoms with Crippen LogP contribution < -0.4 is 0 Å². The number of ether oxygens (including phenoxy) is 6. The number of Topliss-reactive ketones (excluding diaryl/α,β-unsaturated/α-hetero) is 5. The number of rotatable bonds is 16. The molecule has 0 saturated carbocycles. The fourth-order valence-corrected chi connectivity index (χ4v) is 5.57. The van der Waals surface area contributed by atoms with Crippen molar-refractivity contribution in [2.75, 3.05) is 42.7 Å². The summed E-state index contributed by atoms with van der Waals surface area (Å²) in [7, 11) is 8.11. The Morgan fingerprint density at radius 1 is 0.587 bits per heavy atom. The third-order valence-corrected chi connectivity index (χ3v) is 10.0. The molecule has 13 heteroatoms. The molecule has 0 amide bonds. The number of ketones is 6. The molecule has 3 rings (SSSR count). The molecule has 63 heavy (non-hydrogen) atoms. The summed E-state index contributed by atoms with van der Waals surface area (Å²) in [6.45, 7) is 22.4. The van der Waals surface area contributed by atoms with Crippen molar-refractivity contribution in [1.29, 1.82) is 0 Å². The zero-order chi connectivity index (χ0) is 48.1. The minimum Gasteiger partial charge on any atom is -0.490 e. The van der Waals surface area contributed by atoms with Crippen LogP contribution in [0.3, 0.4) is 0 Å². The molecule has 0 aromatic carbocycles. The van der Waals surface area contributed by atoms with Crippen molar-refractivity contribution in [3.8, 4) is 0 Å². The molecule has 0 saturated heterocycles. The molecule has 13 nitrogen and oxygen atoms in total. The third kappa shape index (κ3) is 17.1. The summed E-state index contributed by atoms with van der Waals surface area (Å²) in [5.41, 5.74) is 5.15. The maximum Gasteiger partial charge on any atom is 0.228 e. The van der Waals surface area contributed by atoms with E-state index in [4.69, 9.17) is 28.4 Å². The van der Waals surface area contributed by atoms with Gasteiger partial charge in [0.25, 0.3) is 0 Å². The molecule has 0 aliphatic heterocycles. The number of methoxy groups -OCH3 is 6. The minimum absolute atomic E-state index is 0. The largest absolute Gasteiger partial charge is 0.490 e. The maximum atomic E-state index is 12.3. The molecule has 0 aromatic heterocycles. The summed E-state index contributed by atoms with van der Waals surface area (Å²) in [6, 6.07) is 0. The van der Waals surface area contributed by atoms with Gasteiger partial charge >= 0.3 is 0 Å². The second-order valence-electron chi connectivity index (χ2n) is 14.8. The Balaban J connectivity index is 0. The highest BCUT2D eigenvalue weighted by Crippen LogP contribution is 2.29. The van der Waals surface area contributed by atoms with Crippen molar-refractivity contribution in [2.45, 2.75) is 121 Å². The normalized spacial score (nSPS) is 16.6. The highest BCUT2D eigenvalue weighted by molar-refractivity contribution is 6.24. The molecule has 0 fully saturated rings. The molecule has 1 atom stereocenters. The zero-order valence-electron chi connectivity index (χ0n) is 39.7. The van der Waals surface area contributed by atoms with Gasteiger partial charge in [-0.15, -0.1) is 6.58 Å². The van der Waals surface area contributed by atoms with E-state index in [-0.39, 0.29) is 76.7 Å². The first-order valence-electron chi connectivity index (χ1n) is 20.2. The van der Waals surface area contributed by atoms with Crippen molar-refractivity contribution in [2.24, 2.45) is 0 Å². The van der Waals surface area contributed by atoms with E-state index in [0.29, 0.717) is 40.7 Å². The predicted octanol–water partition coefficient (Wildman–Crippen LogP) is 9.31. The van der Waals surface area contributed by atoms with Crippen LogP contribution in [-0.2, 0) is 57.2 Å². The standard InChI is InChI=1S/2C15H20O4.C10H18O.C9H10O4.CH4/c2*1-6-9(2)7-8-11-10(3)12(16)14(18-4)15(19-5)13(11)17;1-5-10(4,11)8-6-7-9(2)3;1-5-4-6(10)8(12-2)9(13-3)7(5)11;/h2*7H,6,8H2,1-5H3;5,7,11H,1,6,8H2,2-4H3;4H,1-3H3;1H4/b2*9-7+;;;. The van der Waals surface area contributed by atoms with Gasteiger partial charge in [0.05, 0.1) is 48.3 Å². The topological polar surface area (TPSA) is 178 Å². The van der Waals surface area contributed by atoms with E-state index in [1.807, 2.05) is 39.8 Å². The van der Waals surface area contributed by atoms with Gasteiger partial charge in [-0.1, -0.05) is 62.3 Å². The number of carbonyl (C=O) groups excluding carboxylic acids is 6. The van der Waals surface area contributed by atoms with Crippen molar-refractivity contribution in [3.63, 3.8) is 0 Å². The minimum atomic E-state index is -0.702. The lowest BCUT2D eigenvalue weighted by atomic mass is 9.90. The van der Waals surface area contributed by atoms with Crippen molar-refractivity contribution < 1.29 is 62.3 Å². The Morgan fingerprint density at radius 2 is 0.921 bits per heavy atom. The van der Waals surface area contributed by atoms with E-state index in [0.717, 1.165) is 25.7 Å². The van der Waals surface area contributed by atoms with Gasteiger partial charge in [0.15, 0.2) is 0 Å². The van der Waals surface area contributed by atoms with Crippen LogP contribution in [0, 0.1) is 0 Å². The van der Waals surface area contributed by atoms with E-state index in [9.17, 15) is 33.9 Å². The second kappa shape index (κ2) is 28.7. The van der Waals surface area contributed by atoms with Crippen LogP contribution in [0.25, 0.3) is 0 Å². The van der Waals surface area contributed by atoms with Crippen LogP contribution in [0.4, 0.5) is 0 Å². The number of allylic oxidation sites excluding steroid dienone is 12. The van der Waals surface area contributed by atoms with Crippen LogP contribution in [0.5, 0.6) is 0 Å². The number of aliphatic hydroxyl groups is 1. The fourth-order valence-electron chi connectivity index (χ4n) is 5.57. The molecule has 0 radical (unpaired) electrons. The molecule has 3 aliphatic carbocycles. The molecule has 0 spiro atoms. The number of carbonyl (C=O) groups is 6. The van der Waals surface area contributed by atoms with Crippen LogP contribution in [0.15, 0.2) is 116 Å². The number of hydrogen-bond donors (Lipinski definition) is 1. The van der Waals surface area contributed by atoms with Crippen molar-refractivity contribution in [3.05, 3.63) is 116 Å². The first kappa shape index (κ1) is 59.3.